The van der Waals surface area contributed by atoms with Gasteiger partial charge in [0.2, 0.25) is 11.4 Å². The van der Waals surface area contributed by atoms with Crippen molar-refractivity contribution < 1.29 is 13.9 Å². The third kappa shape index (κ3) is 6.51. The van der Waals surface area contributed by atoms with Crippen molar-refractivity contribution in [2.45, 2.75) is 110 Å². The summed E-state index contributed by atoms with van der Waals surface area (Å²) in [5.41, 5.74) is 13.4. The Hall–Kier alpha value is -3.70. The van der Waals surface area contributed by atoms with E-state index in [2.05, 4.69) is 117 Å². The van der Waals surface area contributed by atoms with Crippen LogP contribution in [0.3, 0.4) is 0 Å². The minimum atomic E-state index is -1.65. The lowest BCUT2D eigenvalue weighted by Crippen LogP contribution is -2.55. The van der Waals surface area contributed by atoms with Crippen LogP contribution in [0.25, 0.3) is 16.8 Å². The molecule has 1 aliphatic carbocycles. The predicted molar refractivity (Wildman–Crippen MR) is 205 cm³/mol. The number of hydrogen-bond donors (Lipinski definition) is 1. The maximum absolute atomic E-state index is 6.21. The summed E-state index contributed by atoms with van der Waals surface area (Å²) in [6.07, 6.45) is 14.7. The Balaban J connectivity index is 1.43. The Morgan fingerprint density at radius 1 is 0.959 bits per heavy atom. The predicted octanol–water partition coefficient (Wildman–Crippen LogP) is 8.76. The lowest BCUT2D eigenvalue weighted by atomic mass is 9.76. The van der Waals surface area contributed by atoms with Crippen LogP contribution in [0.1, 0.15) is 92.3 Å². The van der Waals surface area contributed by atoms with Crippen LogP contribution in [-0.4, -0.2) is 14.6 Å². The van der Waals surface area contributed by atoms with E-state index in [1.165, 1.54) is 76.0 Å². The summed E-state index contributed by atoms with van der Waals surface area (Å²) in [5.74, 6) is 2.94. The van der Waals surface area contributed by atoms with Gasteiger partial charge in [-0.1, -0.05) is 90.5 Å². The van der Waals surface area contributed by atoms with Crippen molar-refractivity contribution >= 4 is 18.8 Å². The van der Waals surface area contributed by atoms with Gasteiger partial charge in [0.25, 0.3) is 0 Å². The van der Waals surface area contributed by atoms with Crippen molar-refractivity contribution in [3.8, 4) is 11.3 Å². The molecule has 256 valence electrons. The highest BCUT2D eigenvalue weighted by molar-refractivity contribution is 6.89. The fourth-order valence-corrected chi connectivity index (χ4v) is 10.9. The van der Waals surface area contributed by atoms with Gasteiger partial charge in [0.15, 0.2) is 30.9 Å². The summed E-state index contributed by atoms with van der Waals surface area (Å²) in [6, 6.07) is 14.3. The lowest BCUT2D eigenvalue weighted by molar-refractivity contribution is -0.726. The van der Waals surface area contributed by atoms with Crippen LogP contribution in [0.4, 0.5) is 0 Å². The van der Waals surface area contributed by atoms with Gasteiger partial charge in [-0.05, 0) is 79.4 Å². The van der Waals surface area contributed by atoms with Gasteiger partial charge in [0.05, 0.1) is 25.1 Å². The first-order chi connectivity index (χ1) is 23.4. The van der Waals surface area contributed by atoms with Crippen molar-refractivity contribution in [3.05, 3.63) is 119 Å². The number of pyridine rings is 2. The quantitative estimate of drug-likeness (QED) is 0.167. The molecule has 4 nitrogen and oxygen atoms in total. The highest BCUT2D eigenvalue weighted by atomic mass is 28.3. The van der Waals surface area contributed by atoms with E-state index in [9.17, 15) is 0 Å². The maximum Gasteiger partial charge on any atom is 0.216 e. The van der Waals surface area contributed by atoms with E-state index in [4.69, 9.17) is 11.3 Å². The number of hydrogen-bond acceptors (Lipinski definition) is 2. The van der Waals surface area contributed by atoms with E-state index < -0.39 is 8.07 Å². The molecule has 1 aromatic carbocycles. The standard InChI is InChI=1S/C44H57N3OSi/c1-28(2)20-35-23-40-38-17-13-12-16-37(38)39-19-18-34-24-45-32(6)48-31(5)43(34)41-21-29(3)36(22-33-14-10-11-15-33)26-46(41)25-30(4)44(39)47(40)27-42(35)49(7,8)9/h12-13,16-17,21,23,26-28,33,39,44-45H,4-6,10-11,14-15,18-20,22,24-25H2,1-3,7-9H3/q+2. The molecule has 1 saturated carbocycles. The number of allylic oxidation sites excluding steroid dienone is 2. The SMILES string of the molecule is C=C1NCC2=C(C(=C)O1)c1cc(C)c(CC3CCCC3)c[n+]1CC(=C)C1C(CC2)c2ccccc2-c2cc(CC(C)C)c([Si](C)(C)C)c[n+]21. The molecule has 5 heterocycles. The zero-order chi connectivity index (χ0) is 34.6. The maximum atomic E-state index is 6.21. The summed E-state index contributed by atoms with van der Waals surface area (Å²) < 4.78 is 11.4. The topological polar surface area (TPSA) is 29.0 Å². The summed E-state index contributed by atoms with van der Waals surface area (Å²) in [5, 5.41) is 5.05. The first-order valence-electron chi connectivity index (χ1n) is 18.8. The normalized spacial score (nSPS) is 21.2. The van der Waals surface area contributed by atoms with Gasteiger partial charge < -0.3 is 10.1 Å². The summed E-state index contributed by atoms with van der Waals surface area (Å²) in [4.78, 5) is 0. The second kappa shape index (κ2) is 13.2. The van der Waals surface area contributed by atoms with Gasteiger partial charge >= 0.3 is 0 Å². The Bertz CT molecular complexity index is 1870. The molecule has 0 amide bonds. The fourth-order valence-electron chi connectivity index (χ4n) is 9.28. The van der Waals surface area contributed by atoms with E-state index in [0.29, 0.717) is 30.0 Å². The van der Waals surface area contributed by atoms with Gasteiger partial charge in [-0.2, -0.15) is 9.13 Å². The van der Waals surface area contributed by atoms with Crippen molar-refractivity contribution in [2.24, 2.45) is 11.8 Å². The Morgan fingerprint density at radius 2 is 1.71 bits per heavy atom. The Kier molecular flexibility index (Phi) is 9.10. The van der Waals surface area contributed by atoms with Gasteiger partial charge in [0.1, 0.15) is 5.76 Å². The molecule has 2 aromatic heterocycles. The number of ether oxygens (including phenoxy) is 1. The van der Waals surface area contributed by atoms with Crippen molar-refractivity contribution in [2.75, 3.05) is 6.54 Å². The van der Waals surface area contributed by atoms with Crippen LogP contribution in [0.15, 0.2) is 91.3 Å². The van der Waals surface area contributed by atoms with E-state index >= 15 is 0 Å². The monoisotopic (exact) mass is 671 g/mol. The lowest BCUT2D eigenvalue weighted by Gasteiger charge is -2.34. The van der Waals surface area contributed by atoms with Crippen LogP contribution in [-0.2, 0) is 24.1 Å². The summed E-state index contributed by atoms with van der Waals surface area (Å²) in [6.45, 7) is 29.6. The molecular weight excluding hydrogens is 615 g/mol. The smallest absolute Gasteiger partial charge is 0.216 e. The number of aromatic nitrogens is 2. The highest BCUT2D eigenvalue weighted by Gasteiger charge is 2.45. The van der Waals surface area contributed by atoms with Crippen molar-refractivity contribution in [1.82, 2.24) is 5.32 Å². The molecule has 0 radical (unpaired) electrons. The van der Waals surface area contributed by atoms with E-state index in [1.807, 2.05) is 0 Å². The first kappa shape index (κ1) is 33.8. The largest absolute Gasteiger partial charge is 0.442 e. The molecule has 5 heteroatoms. The molecule has 49 heavy (non-hydrogen) atoms. The van der Waals surface area contributed by atoms with Crippen molar-refractivity contribution in [1.29, 1.82) is 0 Å². The van der Waals surface area contributed by atoms with Crippen LogP contribution in [0, 0.1) is 18.8 Å². The van der Waals surface area contributed by atoms with Crippen LogP contribution in [0.5, 0.6) is 0 Å². The minimum absolute atomic E-state index is 0.156. The van der Waals surface area contributed by atoms with Crippen molar-refractivity contribution in [3.63, 3.8) is 0 Å². The van der Waals surface area contributed by atoms with E-state index in [-0.39, 0.29) is 6.04 Å². The molecule has 2 atom stereocenters. The zero-order valence-electron chi connectivity index (χ0n) is 30.9. The third-order valence-corrected chi connectivity index (χ3v) is 13.7. The number of aryl methyl sites for hydroxylation is 1. The summed E-state index contributed by atoms with van der Waals surface area (Å²) in [7, 11) is -1.65. The molecule has 3 aromatic rings. The Morgan fingerprint density at radius 3 is 2.45 bits per heavy atom. The first-order valence-corrected chi connectivity index (χ1v) is 22.3. The second-order valence-corrected chi connectivity index (χ2v) is 21.9. The molecule has 2 unspecified atom stereocenters. The highest BCUT2D eigenvalue weighted by Crippen LogP contribution is 2.45. The van der Waals surface area contributed by atoms with Crippen LogP contribution in [0.2, 0.25) is 19.6 Å². The third-order valence-electron chi connectivity index (χ3n) is 11.6. The minimum Gasteiger partial charge on any atom is -0.442 e. The molecule has 3 aliphatic heterocycles. The van der Waals surface area contributed by atoms with Gasteiger partial charge in [-0.3, -0.25) is 0 Å². The number of benzene rings is 1. The molecule has 0 spiro atoms. The summed E-state index contributed by atoms with van der Waals surface area (Å²) >= 11 is 0. The van der Waals surface area contributed by atoms with Gasteiger partial charge in [0, 0.05) is 35.0 Å². The van der Waals surface area contributed by atoms with E-state index in [1.54, 1.807) is 5.19 Å². The number of nitrogens with zero attached hydrogens (tertiary/aromatic N) is 2. The number of rotatable bonds is 5. The fraction of sp³-hybridized carbons (Fsp3) is 0.455. The molecule has 1 fully saturated rings. The molecular formula is C44H57N3OSi+2. The average molecular weight is 672 g/mol. The van der Waals surface area contributed by atoms with Crippen LogP contribution >= 0.6 is 0 Å². The molecule has 1 N–H and O–H groups in total. The second-order valence-electron chi connectivity index (χ2n) is 16.8. The Labute approximate surface area is 296 Å². The zero-order valence-corrected chi connectivity index (χ0v) is 31.9. The van der Waals surface area contributed by atoms with Gasteiger partial charge in [-0.25, -0.2) is 0 Å². The van der Waals surface area contributed by atoms with Crippen LogP contribution < -0.4 is 19.6 Å². The van der Waals surface area contributed by atoms with Gasteiger partial charge in [-0.15, -0.1) is 0 Å². The number of nitrogens with one attached hydrogen (secondary N) is 1. The van der Waals surface area contributed by atoms with E-state index in [0.717, 1.165) is 43.7 Å². The molecule has 0 saturated heterocycles. The number of fused-ring (bicyclic) bond motifs is 8. The molecule has 0 bridgehead atoms. The average Bonchev–Trinajstić information content (AvgIpc) is 3.50. The molecule has 4 aliphatic rings. The molecule has 7 rings (SSSR count).